The zero-order valence-corrected chi connectivity index (χ0v) is 13.4. The molecule has 0 aliphatic heterocycles. The molecule has 1 N–H and O–H groups in total. The van der Waals surface area contributed by atoms with Crippen LogP contribution in [0.3, 0.4) is 0 Å². The summed E-state index contributed by atoms with van der Waals surface area (Å²) in [7, 11) is 0. The van der Waals surface area contributed by atoms with Gasteiger partial charge in [0.1, 0.15) is 5.75 Å². The third-order valence-corrected chi connectivity index (χ3v) is 3.49. The molecule has 0 saturated heterocycles. The number of ketones is 1. The maximum Gasteiger partial charge on any atom is 0.261 e. The number of rotatable bonds is 7. The van der Waals surface area contributed by atoms with Gasteiger partial charge in [0, 0.05) is 18.5 Å². The molecule has 1 amide bonds. The first-order valence-electron chi connectivity index (χ1n) is 7.71. The zero-order chi connectivity index (χ0) is 16.7. The highest BCUT2D eigenvalue weighted by atomic mass is 16.5. The third kappa shape index (κ3) is 4.95. The highest BCUT2D eigenvalue weighted by Crippen LogP contribution is 2.15. The molecule has 0 radical (unpaired) electrons. The van der Waals surface area contributed by atoms with Crippen molar-refractivity contribution in [1.82, 2.24) is 5.32 Å². The maximum absolute atomic E-state index is 12.1. The van der Waals surface area contributed by atoms with Crippen LogP contribution in [0.4, 0.5) is 0 Å². The molecule has 23 heavy (non-hydrogen) atoms. The number of hydrogen-bond acceptors (Lipinski definition) is 3. The van der Waals surface area contributed by atoms with Gasteiger partial charge in [-0.05, 0) is 36.8 Å². The Kier molecular flexibility index (Phi) is 5.92. The van der Waals surface area contributed by atoms with Gasteiger partial charge in [0.2, 0.25) is 0 Å². The van der Waals surface area contributed by atoms with Crippen LogP contribution < -0.4 is 10.1 Å². The Labute approximate surface area is 136 Å². The second-order valence-electron chi connectivity index (χ2n) is 5.26. The van der Waals surface area contributed by atoms with Crippen LogP contribution in [-0.2, 0) is 11.3 Å². The average Bonchev–Trinajstić information content (AvgIpc) is 2.60. The molecule has 0 bridgehead atoms. The predicted molar refractivity (Wildman–Crippen MR) is 89.4 cm³/mol. The number of Topliss-reactive ketones (excluding diaryl/α,β-unsaturated/α-hetero) is 1. The van der Waals surface area contributed by atoms with Crippen molar-refractivity contribution in [3.05, 3.63) is 65.7 Å². The number of nitrogens with one attached hydrogen (secondary N) is 1. The van der Waals surface area contributed by atoms with Crippen molar-refractivity contribution in [2.45, 2.75) is 32.9 Å². The predicted octanol–water partition coefficient (Wildman–Crippen LogP) is 3.36. The minimum absolute atomic E-state index is 0.0882. The minimum Gasteiger partial charge on any atom is -0.481 e. The van der Waals surface area contributed by atoms with Crippen LogP contribution in [0.2, 0.25) is 0 Å². The summed E-state index contributed by atoms with van der Waals surface area (Å²) >= 11 is 0. The van der Waals surface area contributed by atoms with Crippen molar-refractivity contribution >= 4 is 11.7 Å². The second kappa shape index (κ2) is 8.13. The Hall–Kier alpha value is -2.62. The summed E-state index contributed by atoms with van der Waals surface area (Å²) in [5.41, 5.74) is 1.69. The summed E-state index contributed by atoms with van der Waals surface area (Å²) in [6.45, 7) is 3.99. The molecule has 4 nitrogen and oxygen atoms in total. The van der Waals surface area contributed by atoms with E-state index in [1.807, 2.05) is 37.3 Å². The first-order chi connectivity index (χ1) is 11.1. The number of carbonyl (C=O) groups is 2. The fourth-order valence-electron chi connectivity index (χ4n) is 2.11. The molecular formula is C19H21NO3. The van der Waals surface area contributed by atoms with Crippen molar-refractivity contribution in [3.8, 4) is 5.75 Å². The molecule has 0 aliphatic carbocycles. The van der Waals surface area contributed by atoms with E-state index < -0.39 is 6.10 Å². The topological polar surface area (TPSA) is 55.4 Å². The number of amides is 1. The summed E-state index contributed by atoms with van der Waals surface area (Å²) in [6.07, 6.45) is -0.134. The van der Waals surface area contributed by atoms with Crippen LogP contribution in [-0.4, -0.2) is 17.8 Å². The highest BCUT2D eigenvalue weighted by Gasteiger charge is 2.14. The molecule has 0 aliphatic rings. The lowest BCUT2D eigenvalue weighted by molar-refractivity contribution is -0.127. The highest BCUT2D eigenvalue weighted by molar-refractivity contribution is 5.95. The van der Waals surface area contributed by atoms with E-state index in [0.717, 1.165) is 5.56 Å². The molecule has 0 heterocycles. The summed E-state index contributed by atoms with van der Waals surface area (Å²) in [5.74, 6) is 0.479. The lowest BCUT2D eigenvalue weighted by Gasteiger charge is -2.15. The summed E-state index contributed by atoms with van der Waals surface area (Å²) < 4.78 is 5.61. The minimum atomic E-state index is -0.605. The van der Waals surface area contributed by atoms with Gasteiger partial charge in [0.05, 0.1) is 0 Å². The van der Waals surface area contributed by atoms with E-state index in [0.29, 0.717) is 24.3 Å². The fraction of sp³-hybridized carbons (Fsp3) is 0.263. The van der Waals surface area contributed by atoms with Gasteiger partial charge in [-0.2, -0.15) is 0 Å². The molecule has 0 saturated carbocycles. The van der Waals surface area contributed by atoms with Crippen molar-refractivity contribution in [2.24, 2.45) is 0 Å². The SMILES string of the molecule is CCC(=O)c1ccc(O[C@H](C)C(=O)NCc2ccccc2)cc1. The van der Waals surface area contributed by atoms with E-state index in [1.54, 1.807) is 31.2 Å². The van der Waals surface area contributed by atoms with E-state index in [-0.39, 0.29) is 11.7 Å². The van der Waals surface area contributed by atoms with Crippen molar-refractivity contribution < 1.29 is 14.3 Å². The van der Waals surface area contributed by atoms with E-state index in [4.69, 9.17) is 4.74 Å². The monoisotopic (exact) mass is 311 g/mol. The van der Waals surface area contributed by atoms with Crippen LogP contribution in [0.1, 0.15) is 36.2 Å². The van der Waals surface area contributed by atoms with E-state index >= 15 is 0 Å². The maximum atomic E-state index is 12.1. The number of carbonyl (C=O) groups excluding carboxylic acids is 2. The Morgan fingerprint density at radius 3 is 2.30 bits per heavy atom. The molecule has 1 atom stereocenters. The standard InChI is InChI=1S/C19H21NO3/c1-3-18(21)16-9-11-17(12-10-16)23-14(2)19(22)20-13-15-7-5-4-6-8-15/h4-12,14H,3,13H2,1-2H3,(H,20,22)/t14-/m1/s1. The summed E-state index contributed by atoms with van der Waals surface area (Å²) in [4.78, 5) is 23.6. The normalized spacial score (nSPS) is 11.6. The van der Waals surface area contributed by atoms with Crippen LogP contribution in [0, 0.1) is 0 Å². The van der Waals surface area contributed by atoms with Crippen LogP contribution in [0.25, 0.3) is 0 Å². The molecule has 0 fully saturated rings. The number of benzene rings is 2. The van der Waals surface area contributed by atoms with E-state index in [1.165, 1.54) is 0 Å². The fourth-order valence-corrected chi connectivity index (χ4v) is 2.11. The molecule has 4 heteroatoms. The Bertz CT molecular complexity index is 650. The Morgan fingerprint density at radius 2 is 1.70 bits per heavy atom. The molecule has 0 unspecified atom stereocenters. The smallest absolute Gasteiger partial charge is 0.261 e. The van der Waals surface area contributed by atoms with Crippen LogP contribution >= 0.6 is 0 Å². The quantitative estimate of drug-likeness (QED) is 0.798. The van der Waals surface area contributed by atoms with Gasteiger partial charge < -0.3 is 10.1 Å². The zero-order valence-electron chi connectivity index (χ0n) is 13.4. The second-order valence-corrected chi connectivity index (χ2v) is 5.26. The number of ether oxygens (including phenoxy) is 1. The number of hydrogen-bond donors (Lipinski definition) is 1. The average molecular weight is 311 g/mol. The molecule has 2 rings (SSSR count). The van der Waals surface area contributed by atoms with Gasteiger partial charge in [-0.25, -0.2) is 0 Å². The molecule has 0 aromatic heterocycles. The van der Waals surface area contributed by atoms with Crippen LogP contribution in [0.5, 0.6) is 5.75 Å². The van der Waals surface area contributed by atoms with Gasteiger partial charge in [0.25, 0.3) is 5.91 Å². The molecular weight excluding hydrogens is 290 g/mol. The van der Waals surface area contributed by atoms with Gasteiger partial charge in [-0.1, -0.05) is 37.3 Å². The Balaban J connectivity index is 1.86. The van der Waals surface area contributed by atoms with Crippen molar-refractivity contribution in [3.63, 3.8) is 0 Å². The summed E-state index contributed by atoms with van der Waals surface area (Å²) in [6, 6.07) is 16.6. The van der Waals surface area contributed by atoms with Gasteiger partial charge in [-0.15, -0.1) is 0 Å². The largest absolute Gasteiger partial charge is 0.481 e. The van der Waals surface area contributed by atoms with Gasteiger partial charge in [-0.3, -0.25) is 9.59 Å². The molecule has 0 spiro atoms. The van der Waals surface area contributed by atoms with Crippen molar-refractivity contribution in [2.75, 3.05) is 0 Å². The Morgan fingerprint density at radius 1 is 1.04 bits per heavy atom. The van der Waals surface area contributed by atoms with E-state index in [9.17, 15) is 9.59 Å². The lowest BCUT2D eigenvalue weighted by Crippen LogP contribution is -2.35. The lowest BCUT2D eigenvalue weighted by atomic mass is 10.1. The molecule has 2 aromatic rings. The van der Waals surface area contributed by atoms with Gasteiger partial charge in [0.15, 0.2) is 11.9 Å². The van der Waals surface area contributed by atoms with Gasteiger partial charge >= 0.3 is 0 Å². The van der Waals surface area contributed by atoms with Crippen LogP contribution in [0.15, 0.2) is 54.6 Å². The first-order valence-corrected chi connectivity index (χ1v) is 7.71. The third-order valence-electron chi connectivity index (χ3n) is 3.49. The molecule has 120 valence electrons. The molecule has 2 aromatic carbocycles. The van der Waals surface area contributed by atoms with Crippen molar-refractivity contribution in [1.29, 1.82) is 0 Å². The first kappa shape index (κ1) is 16.7. The summed E-state index contributed by atoms with van der Waals surface area (Å²) in [5, 5.41) is 2.84. The van der Waals surface area contributed by atoms with E-state index in [2.05, 4.69) is 5.32 Å².